The Morgan fingerprint density at radius 2 is 2.00 bits per heavy atom. The molecule has 0 aliphatic heterocycles. The van der Waals surface area contributed by atoms with E-state index in [9.17, 15) is 4.21 Å². The second-order valence-corrected chi connectivity index (χ2v) is 6.88. The van der Waals surface area contributed by atoms with Gasteiger partial charge in [-0.05, 0) is 38.5 Å². The van der Waals surface area contributed by atoms with Crippen LogP contribution >= 0.6 is 0 Å². The Balaban J connectivity index is 2.84. The normalized spacial score (nSPS) is 13.5. The zero-order valence-corrected chi connectivity index (χ0v) is 11.1. The van der Waals surface area contributed by atoms with E-state index in [1.807, 2.05) is 39.0 Å². The maximum absolute atomic E-state index is 11.9. The number of nitrogen functional groups attached to an aromatic ring is 1. The highest BCUT2D eigenvalue weighted by Gasteiger charge is 2.19. The number of rotatable bonds is 3. The molecule has 0 fully saturated rings. The fourth-order valence-electron chi connectivity index (χ4n) is 1.24. The summed E-state index contributed by atoms with van der Waals surface area (Å²) in [5.74, 6) is 1.18. The topological polar surface area (TPSA) is 52.3 Å². The molecule has 2 N–H and O–H groups in total. The van der Waals surface area contributed by atoms with Crippen molar-refractivity contribution in [1.82, 2.24) is 0 Å². The Morgan fingerprint density at radius 1 is 1.38 bits per heavy atom. The highest BCUT2D eigenvalue weighted by Crippen LogP contribution is 2.24. The van der Waals surface area contributed by atoms with Crippen molar-refractivity contribution in [3.05, 3.63) is 23.8 Å². The van der Waals surface area contributed by atoms with Crippen LogP contribution in [0.5, 0.6) is 5.75 Å². The minimum atomic E-state index is -0.902. The molecule has 0 spiro atoms. The second kappa shape index (κ2) is 4.87. The van der Waals surface area contributed by atoms with Crippen LogP contribution in [0.2, 0.25) is 0 Å². The third kappa shape index (κ3) is 3.23. The molecule has 1 aromatic rings. The monoisotopic (exact) mass is 241 g/mol. The lowest BCUT2D eigenvalue weighted by molar-refractivity contribution is 0.417. The molecule has 0 aliphatic rings. The van der Waals surface area contributed by atoms with Gasteiger partial charge in [0.1, 0.15) is 5.75 Å². The molecule has 0 saturated carbocycles. The van der Waals surface area contributed by atoms with Gasteiger partial charge in [-0.15, -0.1) is 0 Å². The highest BCUT2D eigenvalue weighted by molar-refractivity contribution is 7.85. The van der Waals surface area contributed by atoms with Gasteiger partial charge in [0.05, 0.1) is 12.8 Å². The molecule has 0 radical (unpaired) electrons. The maximum atomic E-state index is 11.9. The van der Waals surface area contributed by atoms with Gasteiger partial charge in [-0.2, -0.15) is 0 Å². The molecular weight excluding hydrogens is 222 g/mol. The summed E-state index contributed by atoms with van der Waals surface area (Å²) < 4.78 is 16.8. The van der Waals surface area contributed by atoms with Gasteiger partial charge in [-0.3, -0.25) is 4.21 Å². The van der Waals surface area contributed by atoms with Gasteiger partial charge in [0, 0.05) is 21.3 Å². The Labute approximate surface area is 99.4 Å². The van der Waals surface area contributed by atoms with Gasteiger partial charge >= 0.3 is 0 Å². The summed E-state index contributed by atoms with van der Waals surface area (Å²) in [5.41, 5.74) is 7.36. The molecule has 1 unspecified atom stereocenters. The van der Waals surface area contributed by atoms with Crippen molar-refractivity contribution in [1.29, 1.82) is 0 Å². The van der Waals surface area contributed by atoms with Crippen LogP contribution in [0, 0.1) is 0 Å². The lowest BCUT2D eigenvalue weighted by Crippen LogP contribution is -2.22. The van der Waals surface area contributed by atoms with Crippen LogP contribution in [0.15, 0.2) is 18.2 Å². The van der Waals surface area contributed by atoms with Gasteiger partial charge in [-0.1, -0.05) is 6.07 Å². The second-order valence-electron chi connectivity index (χ2n) is 4.68. The molecule has 0 bridgehead atoms. The van der Waals surface area contributed by atoms with Crippen molar-refractivity contribution < 1.29 is 8.95 Å². The molecule has 16 heavy (non-hydrogen) atoms. The predicted molar refractivity (Wildman–Crippen MR) is 69.0 cm³/mol. The zero-order valence-electron chi connectivity index (χ0n) is 10.2. The van der Waals surface area contributed by atoms with E-state index in [0.717, 1.165) is 5.56 Å². The number of nitrogens with two attached hydrogens (primary N) is 1. The lowest BCUT2D eigenvalue weighted by atomic mass is 10.2. The van der Waals surface area contributed by atoms with Gasteiger partial charge in [0.2, 0.25) is 0 Å². The minimum Gasteiger partial charge on any atom is -0.495 e. The van der Waals surface area contributed by atoms with E-state index < -0.39 is 10.8 Å². The van der Waals surface area contributed by atoms with E-state index in [2.05, 4.69) is 0 Å². The maximum Gasteiger partial charge on any atom is 0.141 e. The number of hydrogen-bond acceptors (Lipinski definition) is 3. The zero-order chi connectivity index (χ0) is 12.3. The van der Waals surface area contributed by atoms with Crippen molar-refractivity contribution in [3.63, 3.8) is 0 Å². The predicted octanol–water partition coefficient (Wildman–Crippen LogP) is 2.32. The molecular formula is C12H19NO2S. The van der Waals surface area contributed by atoms with Crippen LogP contribution < -0.4 is 10.5 Å². The van der Waals surface area contributed by atoms with Crippen LogP contribution in [0.1, 0.15) is 26.3 Å². The van der Waals surface area contributed by atoms with Crippen molar-refractivity contribution in [2.45, 2.75) is 31.3 Å². The van der Waals surface area contributed by atoms with Crippen LogP contribution in [0.3, 0.4) is 0 Å². The highest BCUT2D eigenvalue weighted by atomic mass is 32.2. The first-order chi connectivity index (χ1) is 7.34. The van der Waals surface area contributed by atoms with Crippen molar-refractivity contribution in [2.24, 2.45) is 0 Å². The van der Waals surface area contributed by atoms with Gasteiger partial charge in [-0.25, -0.2) is 0 Å². The molecule has 0 saturated heterocycles. The number of anilines is 1. The van der Waals surface area contributed by atoms with E-state index in [0.29, 0.717) is 17.2 Å². The van der Waals surface area contributed by atoms with Crippen LogP contribution in [-0.2, 0) is 16.6 Å². The standard InChI is InChI=1S/C12H19NO2S/c1-12(2,3)16(14)8-9-5-6-11(15-4)10(13)7-9/h5-7H,8,13H2,1-4H3. The van der Waals surface area contributed by atoms with E-state index in [4.69, 9.17) is 10.5 Å². The summed E-state index contributed by atoms with van der Waals surface area (Å²) >= 11 is 0. The van der Waals surface area contributed by atoms with Crippen LogP contribution in [0.4, 0.5) is 5.69 Å². The van der Waals surface area contributed by atoms with Crippen molar-refractivity contribution >= 4 is 16.5 Å². The SMILES string of the molecule is COc1ccc(CS(=O)C(C)(C)C)cc1N. The quantitative estimate of drug-likeness (QED) is 0.826. The van der Waals surface area contributed by atoms with Crippen molar-refractivity contribution in [2.75, 3.05) is 12.8 Å². The summed E-state index contributed by atoms with van der Waals surface area (Å²) in [6, 6.07) is 5.53. The smallest absolute Gasteiger partial charge is 0.141 e. The molecule has 0 aliphatic carbocycles. The third-order valence-corrected chi connectivity index (χ3v) is 4.24. The first-order valence-electron chi connectivity index (χ1n) is 5.15. The molecule has 3 nitrogen and oxygen atoms in total. The number of ether oxygens (including phenoxy) is 1. The van der Waals surface area contributed by atoms with E-state index in [1.54, 1.807) is 7.11 Å². The Kier molecular flexibility index (Phi) is 3.97. The molecule has 4 heteroatoms. The molecule has 0 heterocycles. The summed E-state index contributed by atoms with van der Waals surface area (Å²) in [7, 11) is 0.681. The van der Waals surface area contributed by atoms with Crippen LogP contribution in [0.25, 0.3) is 0 Å². The fourth-order valence-corrected chi connectivity index (χ4v) is 2.16. The average molecular weight is 241 g/mol. The number of benzene rings is 1. The molecule has 90 valence electrons. The molecule has 0 aromatic heterocycles. The Bertz CT molecular complexity index is 396. The Hall–Kier alpha value is -1.03. The Morgan fingerprint density at radius 3 is 2.44 bits per heavy atom. The lowest BCUT2D eigenvalue weighted by Gasteiger charge is -2.18. The third-order valence-electron chi connectivity index (χ3n) is 2.27. The average Bonchev–Trinajstić information content (AvgIpc) is 2.16. The number of hydrogen-bond donors (Lipinski definition) is 1. The minimum absolute atomic E-state index is 0.200. The summed E-state index contributed by atoms with van der Waals surface area (Å²) in [6.45, 7) is 5.90. The summed E-state index contributed by atoms with van der Waals surface area (Å²) in [4.78, 5) is 0. The molecule has 1 atom stereocenters. The van der Waals surface area contributed by atoms with Gasteiger partial charge < -0.3 is 10.5 Å². The molecule has 0 amide bonds. The first kappa shape index (κ1) is 13.0. The number of methoxy groups -OCH3 is 1. The van der Waals surface area contributed by atoms with E-state index in [-0.39, 0.29) is 4.75 Å². The van der Waals surface area contributed by atoms with Crippen molar-refractivity contribution in [3.8, 4) is 5.75 Å². The first-order valence-corrected chi connectivity index (χ1v) is 6.47. The molecule has 1 rings (SSSR count). The van der Waals surface area contributed by atoms with E-state index >= 15 is 0 Å². The molecule has 1 aromatic carbocycles. The van der Waals surface area contributed by atoms with Gasteiger partial charge in [0.15, 0.2) is 0 Å². The largest absolute Gasteiger partial charge is 0.495 e. The van der Waals surface area contributed by atoms with Gasteiger partial charge in [0.25, 0.3) is 0 Å². The van der Waals surface area contributed by atoms with Crippen LogP contribution in [-0.4, -0.2) is 16.1 Å². The summed E-state index contributed by atoms with van der Waals surface area (Å²) in [5, 5.41) is 0. The fraction of sp³-hybridized carbons (Fsp3) is 0.500. The van der Waals surface area contributed by atoms with E-state index in [1.165, 1.54) is 0 Å². The summed E-state index contributed by atoms with van der Waals surface area (Å²) in [6.07, 6.45) is 0.